The van der Waals surface area contributed by atoms with Crippen molar-refractivity contribution in [2.45, 2.75) is 57.2 Å². The molecule has 144 valence electrons. The highest BCUT2D eigenvalue weighted by Gasteiger charge is 2.41. The first-order chi connectivity index (χ1) is 12.6. The number of carbonyl (C=O) groups is 1. The Morgan fingerprint density at radius 3 is 2.65 bits per heavy atom. The molecule has 2 aliphatic heterocycles. The van der Waals surface area contributed by atoms with Crippen molar-refractivity contribution in [1.82, 2.24) is 4.90 Å². The molecule has 0 radical (unpaired) electrons. The lowest BCUT2D eigenvalue weighted by Crippen LogP contribution is -2.52. The first kappa shape index (κ1) is 19.2. The van der Waals surface area contributed by atoms with Crippen molar-refractivity contribution in [3.8, 4) is 5.75 Å². The summed E-state index contributed by atoms with van der Waals surface area (Å²) in [6, 6.07) is 7.95. The van der Waals surface area contributed by atoms with Crippen LogP contribution in [0.4, 0.5) is 0 Å². The standard InChI is InChI=1S/C21H31NO4/c1-3-25-19-10-15-26-21(16-19)11-13-22(14-12-21)20(23)9-6-17-4-7-18(24-2)8-5-17/h4-5,7-8,19H,3,6,9-16H2,1-2H3. The molecule has 2 fully saturated rings. The van der Waals surface area contributed by atoms with E-state index in [1.807, 2.05) is 36.1 Å². The minimum absolute atomic E-state index is 0.0785. The van der Waals surface area contributed by atoms with Gasteiger partial charge in [0, 0.05) is 39.1 Å². The van der Waals surface area contributed by atoms with Gasteiger partial charge in [-0.1, -0.05) is 12.1 Å². The molecular formula is C21H31NO4. The summed E-state index contributed by atoms with van der Waals surface area (Å²) in [5, 5.41) is 0. The summed E-state index contributed by atoms with van der Waals surface area (Å²) in [4.78, 5) is 14.6. The van der Waals surface area contributed by atoms with Crippen LogP contribution in [0.3, 0.4) is 0 Å². The highest BCUT2D eigenvalue weighted by molar-refractivity contribution is 5.76. The summed E-state index contributed by atoms with van der Waals surface area (Å²) in [5.41, 5.74) is 1.09. The van der Waals surface area contributed by atoms with Crippen LogP contribution in [0.25, 0.3) is 0 Å². The second-order valence-corrected chi connectivity index (χ2v) is 7.33. The lowest BCUT2D eigenvalue weighted by molar-refractivity contribution is -0.160. The predicted octanol–water partition coefficient (Wildman–Crippen LogP) is 3.20. The van der Waals surface area contributed by atoms with Crippen LogP contribution in [-0.2, 0) is 20.7 Å². The van der Waals surface area contributed by atoms with Gasteiger partial charge >= 0.3 is 0 Å². The van der Waals surface area contributed by atoms with Crippen molar-refractivity contribution >= 4 is 5.91 Å². The molecule has 5 nitrogen and oxygen atoms in total. The molecule has 2 saturated heterocycles. The van der Waals surface area contributed by atoms with E-state index in [1.165, 1.54) is 5.56 Å². The van der Waals surface area contributed by atoms with E-state index in [-0.39, 0.29) is 11.5 Å². The molecule has 1 unspecified atom stereocenters. The first-order valence-electron chi connectivity index (χ1n) is 9.80. The Kier molecular flexibility index (Phi) is 6.54. The van der Waals surface area contributed by atoms with Gasteiger partial charge in [-0.2, -0.15) is 0 Å². The number of piperidine rings is 1. The van der Waals surface area contributed by atoms with Crippen LogP contribution in [-0.4, -0.2) is 55.9 Å². The Morgan fingerprint density at radius 1 is 1.27 bits per heavy atom. The Morgan fingerprint density at radius 2 is 2.00 bits per heavy atom. The van der Waals surface area contributed by atoms with Crippen LogP contribution >= 0.6 is 0 Å². The molecule has 1 amide bonds. The van der Waals surface area contributed by atoms with Gasteiger partial charge in [-0.25, -0.2) is 0 Å². The van der Waals surface area contributed by atoms with Gasteiger partial charge in [-0.3, -0.25) is 4.79 Å². The van der Waals surface area contributed by atoms with Gasteiger partial charge in [-0.05, 0) is 50.3 Å². The zero-order valence-electron chi connectivity index (χ0n) is 16.0. The maximum absolute atomic E-state index is 12.6. The number of nitrogens with zero attached hydrogens (tertiary/aromatic N) is 1. The normalized spacial score (nSPS) is 22.4. The van der Waals surface area contributed by atoms with Crippen LogP contribution < -0.4 is 4.74 Å². The van der Waals surface area contributed by atoms with Gasteiger partial charge < -0.3 is 19.1 Å². The average Bonchev–Trinajstić information content (AvgIpc) is 2.67. The zero-order valence-corrected chi connectivity index (χ0v) is 16.0. The molecule has 0 bridgehead atoms. The Balaban J connectivity index is 1.45. The van der Waals surface area contributed by atoms with Crippen molar-refractivity contribution < 1.29 is 19.0 Å². The third-order valence-corrected chi connectivity index (χ3v) is 5.66. The fraction of sp³-hybridized carbons (Fsp3) is 0.667. The summed E-state index contributed by atoms with van der Waals surface area (Å²) in [7, 11) is 1.66. The number of hydrogen-bond acceptors (Lipinski definition) is 4. The number of likely N-dealkylation sites (tertiary alicyclic amines) is 1. The Hall–Kier alpha value is -1.59. The third kappa shape index (κ3) is 4.77. The summed E-state index contributed by atoms with van der Waals surface area (Å²) in [5.74, 6) is 1.09. The molecule has 5 heteroatoms. The second-order valence-electron chi connectivity index (χ2n) is 7.33. The van der Waals surface area contributed by atoms with E-state index in [0.717, 1.165) is 64.2 Å². The topological polar surface area (TPSA) is 48.0 Å². The molecule has 1 aromatic rings. The molecule has 1 atom stereocenters. The minimum Gasteiger partial charge on any atom is -0.497 e. The van der Waals surface area contributed by atoms with E-state index in [1.54, 1.807) is 7.11 Å². The van der Waals surface area contributed by atoms with Crippen LogP contribution in [0, 0.1) is 0 Å². The molecule has 0 saturated carbocycles. The van der Waals surface area contributed by atoms with Crippen LogP contribution in [0.5, 0.6) is 5.75 Å². The fourth-order valence-corrected chi connectivity index (χ4v) is 4.07. The zero-order chi connectivity index (χ0) is 18.4. The predicted molar refractivity (Wildman–Crippen MR) is 100 cm³/mol. The van der Waals surface area contributed by atoms with Gasteiger partial charge in [0.05, 0.1) is 18.8 Å². The number of ether oxygens (including phenoxy) is 3. The van der Waals surface area contributed by atoms with Crippen molar-refractivity contribution in [1.29, 1.82) is 0 Å². The molecule has 26 heavy (non-hydrogen) atoms. The minimum atomic E-state index is -0.0785. The van der Waals surface area contributed by atoms with Crippen LogP contribution in [0.15, 0.2) is 24.3 Å². The lowest BCUT2D eigenvalue weighted by atomic mass is 9.83. The summed E-state index contributed by atoms with van der Waals surface area (Å²) in [6.07, 6.45) is 5.44. The number of methoxy groups -OCH3 is 1. The highest BCUT2D eigenvalue weighted by Crippen LogP contribution is 2.36. The van der Waals surface area contributed by atoms with Crippen molar-refractivity contribution in [2.75, 3.05) is 33.4 Å². The maximum atomic E-state index is 12.6. The van der Waals surface area contributed by atoms with E-state index < -0.39 is 0 Å². The van der Waals surface area contributed by atoms with E-state index in [2.05, 4.69) is 0 Å². The number of amides is 1. The maximum Gasteiger partial charge on any atom is 0.222 e. The lowest BCUT2D eigenvalue weighted by Gasteiger charge is -2.46. The van der Waals surface area contributed by atoms with Crippen LogP contribution in [0.1, 0.15) is 44.6 Å². The molecular weight excluding hydrogens is 330 g/mol. The second kappa shape index (κ2) is 8.87. The molecule has 2 heterocycles. The molecule has 0 N–H and O–H groups in total. The SMILES string of the molecule is CCOC1CCOC2(CCN(C(=O)CCc3ccc(OC)cc3)CC2)C1. The van der Waals surface area contributed by atoms with Crippen LogP contribution in [0.2, 0.25) is 0 Å². The van der Waals surface area contributed by atoms with E-state index in [4.69, 9.17) is 14.2 Å². The van der Waals surface area contributed by atoms with E-state index in [0.29, 0.717) is 12.5 Å². The van der Waals surface area contributed by atoms with Gasteiger partial charge in [0.1, 0.15) is 5.75 Å². The van der Waals surface area contributed by atoms with Gasteiger partial charge in [0.25, 0.3) is 0 Å². The third-order valence-electron chi connectivity index (χ3n) is 5.66. The van der Waals surface area contributed by atoms with Crippen molar-refractivity contribution in [3.05, 3.63) is 29.8 Å². The fourth-order valence-electron chi connectivity index (χ4n) is 4.07. The van der Waals surface area contributed by atoms with E-state index in [9.17, 15) is 4.79 Å². The summed E-state index contributed by atoms with van der Waals surface area (Å²) < 4.78 is 17.1. The average molecular weight is 361 g/mol. The van der Waals surface area contributed by atoms with Gasteiger partial charge in [0.2, 0.25) is 5.91 Å². The largest absolute Gasteiger partial charge is 0.497 e. The van der Waals surface area contributed by atoms with Gasteiger partial charge in [-0.15, -0.1) is 0 Å². The molecule has 1 spiro atoms. The van der Waals surface area contributed by atoms with E-state index >= 15 is 0 Å². The number of rotatable bonds is 6. The quantitative estimate of drug-likeness (QED) is 0.781. The molecule has 0 aliphatic carbocycles. The summed E-state index contributed by atoms with van der Waals surface area (Å²) in [6.45, 7) is 5.17. The molecule has 1 aromatic carbocycles. The summed E-state index contributed by atoms with van der Waals surface area (Å²) >= 11 is 0. The Labute approximate surface area is 156 Å². The first-order valence-corrected chi connectivity index (χ1v) is 9.80. The monoisotopic (exact) mass is 361 g/mol. The number of benzene rings is 1. The number of aryl methyl sites for hydroxylation is 1. The smallest absolute Gasteiger partial charge is 0.222 e. The number of carbonyl (C=O) groups excluding carboxylic acids is 1. The van der Waals surface area contributed by atoms with Crippen molar-refractivity contribution in [3.63, 3.8) is 0 Å². The molecule has 3 rings (SSSR count). The highest BCUT2D eigenvalue weighted by atomic mass is 16.5. The molecule has 0 aromatic heterocycles. The number of hydrogen-bond donors (Lipinski definition) is 0. The Bertz CT molecular complexity index is 576. The molecule has 2 aliphatic rings. The van der Waals surface area contributed by atoms with Crippen molar-refractivity contribution in [2.24, 2.45) is 0 Å². The van der Waals surface area contributed by atoms with Gasteiger partial charge in [0.15, 0.2) is 0 Å².